The van der Waals surface area contributed by atoms with E-state index < -0.39 is 0 Å². The highest BCUT2D eigenvalue weighted by atomic mass is 16.2. The first kappa shape index (κ1) is 18.9. The molecule has 6 heteroatoms. The smallest absolute Gasteiger partial charge is 0.328 e. The van der Waals surface area contributed by atoms with Gasteiger partial charge in [-0.1, -0.05) is 42.5 Å². The van der Waals surface area contributed by atoms with Crippen molar-refractivity contribution in [3.63, 3.8) is 0 Å². The number of hydrogen-bond donors (Lipinski definition) is 1. The van der Waals surface area contributed by atoms with Crippen molar-refractivity contribution in [3.05, 3.63) is 70.6 Å². The predicted molar refractivity (Wildman–Crippen MR) is 108 cm³/mol. The molecular weight excluding hydrogens is 340 g/mol. The zero-order valence-corrected chi connectivity index (χ0v) is 16.1. The van der Waals surface area contributed by atoms with Crippen molar-refractivity contribution in [2.75, 3.05) is 20.6 Å². The Kier molecular flexibility index (Phi) is 5.76. The van der Waals surface area contributed by atoms with Crippen LogP contribution in [0.25, 0.3) is 11.0 Å². The summed E-state index contributed by atoms with van der Waals surface area (Å²) in [6.07, 6.45) is 0.267. The maximum absolute atomic E-state index is 12.4. The fourth-order valence-corrected chi connectivity index (χ4v) is 3.37. The van der Waals surface area contributed by atoms with Gasteiger partial charge in [0.2, 0.25) is 5.91 Å². The molecule has 0 aliphatic heterocycles. The third-order valence-electron chi connectivity index (χ3n) is 4.91. The average Bonchev–Trinajstić information content (AvgIpc) is 2.92. The van der Waals surface area contributed by atoms with Crippen LogP contribution >= 0.6 is 0 Å². The van der Waals surface area contributed by atoms with E-state index in [1.807, 2.05) is 56.6 Å². The van der Waals surface area contributed by atoms with Crippen molar-refractivity contribution in [3.8, 4) is 0 Å². The summed E-state index contributed by atoms with van der Waals surface area (Å²) in [5.74, 6) is -0.0578. The standard InChI is InChI=1S/C21H26N4O2/c1-23(2)19(16-9-5-4-6-10-16)15-22-20(26)13-14-25-18-12-8-7-11-17(18)24(3)21(25)27/h4-12,19H,13-15H2,1-3H3,(H,22,26). The normalized spacial score (nSPS) is 12.4. The average molecular weight is 366 g/mol. The molecule has 27 heavy (non-hydrogen) atoms. The van der Waals surface area contributed by atoms with Crippen LogP contribution in [0.4, 0.5) is 0 Å². The lowest BCUT2D eigenvalue weighted by Crippen LogP contribution is -2.35. The van der Waals surface area contributed by atoms with Crippen molar-refractivity contribution in [2.24, 2.45) is 7.05 Å². The van der Waals surface area contributed by atoms with E-state index in [4.69, 9.17) is 0 Å². The summed E-state index contributed by atoms with van der Waals surface area (Å²) in [6, 6.07) is 17.8. The van der Waals surface area contributed by atoms with E-state index in [0.717, 1.165) is 16.6 Å². The van der Waals surface area contributed by atoms with Gasteiger partial charge in [0, 0.05) is 26.6 Å². The van der Waals surface area contributed by atoms with Crippen LogP contribution in [-0.4, -0.2) is 40.6 Å². The van der Waals surface area contributed by atoms with Crippen molar-refractivity contribution in [2.45, 2.75) is 19.0 Å². The lowest BCUT2D eigenvalue weighted by molar-refractivity contribution is -0.121. The summed E-state index contributed by atoms with van der Waals surface area (Å²) >= 11 is 0. The zero-order chi connectivity index (χ0) is 19.4. The molecule has 0 bridgehead atoms. The lowest BCUT2D eigenvalue weighted by atomic mass is 10.1. The van der Waals surface area contributed by atoms with Crippen LogP contribution in [0.3, 0.4) is 0 Å². The molecule has 142 valence electrons. The monoisotopic (exact) mass is 366 g/mol. The highest BCUT2D eigenvalue weighted by Gasteiger charge is 2.16. The van der Waals surface area contributed by atoms with Crippen molar-refractivity contribution >= 4 is 16.9 Å². The number of aromatic nitrogens is 2. The molecule has 1 N–H and O–H groups in total. The van der Waals surface area contributed by atoms with Gasteiger partial charge in [-0.15, -0.1) is 0 Å². The van der Waals surface area contributed by atoms with E-state index in [9.17, 15) is 9.59 Å². The largest absolute Gasteiger partial charge is 0.354 e. The molecule has 0 aliphatic rings. The molecule has 1 unspecified atom stereocenters. The number of aryl methyl sites for hydroxylation is 2. The van der Waals surface area contributed by atoms with E-state index in [-0.39, 0.29) is 24.1 Å². The third kappa shape index (κ3) is 4.11. The molecule has 6 nitrogen and oxygen atoms in total. The first-order valence-corrected chi connectivity index (χ1v) is 9.11. The Hall–Kier alpha value is -2.86. The lowest BCUT2D eigenvalue weighted by Gasteiger charge is -2.25. The van der Waals surface area contributed by atoms with Crippen LogP contribution in [0.5, 0.6) is 0 Å². The number of para-hydroxylation sites is 2. The molecule has 0 spiro atoms. The highest BCUT2D eigenvalue weighted by Crippen LogP contribution is 2.17. The van der Waals surface area contributed by atoms with Gasteiger partial charge in [-0.05, 0) is 31.8 Å². The molecule has 1 heterocycles. The topological polar surface area (TPSA) is 59.3 Å². The molecule has 3 rings (SSSR count). The van der Waals surface area contributed by atoms with Gasteiger partial charge in [0.15, 0.2) is 0 Å². The highest BCUT2D eigenvalue weighted by molar-refractivity contribution is 5.78. The Morgan fingerprint density at radius 1 is 1.04 bits per heavy atom. The van der Waals surface area contributed by atoms with Gasteiger partial charge in [0.1, 0.15) is 0 Å². The van der Waals surface area contributed by atoms with Gasteiger partial charge in [-0.2, -0.15) is 0 Å². The Labute approximate surface area is 159 Å². The number of carbonyl (C=O) groups excluding carboxylic acids is 1. The van der Waals surface area contributed by atoms with E-state index >= 15 is 0 Å². The van der Waals surface area contributed by atoms with Gasteiger partial charge in [-0.3, -0.25) is 13.9 Å². The van der Waals surface area contributed by atoms with Gasteiger partial charge >= 0.3 is 5.69 Å². The second kappa shape index (κ2) is 8.22. The van der Waals surface area contributed by atoms with Gasteiger partial charge < -0.3 is 10.2 Å². The quantitative estimate of drug-likeness (QED) is 0.697. The summed E-state index contributed by atoms with van der Waals surface area (Å²) in [5, 5.41) is 3.00. The Balaban J connectivity index is 1.64. The summed E-state index contributed by atoms with van der Waals surface area (Å²) in [5.41, 5.74) is 2.79. The Morgan fingerprint density at radius 2 is 1.67 bits per heavy atom. The van der Waals surface area contributed by atoms with Crippen LogP contribution in [0.15, 0.2) is 59.4 Å². The number of rotatable bonds is 7. The number of likely N-dealkylation sites (N-methyl/N-ethyl adjacent to an activating group) is 1. The third-order valence-corrected chi connectivity index (χ3v) is 4.91. The summed E-state index contributed by atoms with van der Waals surface area (Å²) in [7, 11) is 5.75. The Bertz CT molecular complexity index is 973. The molecule has 0 aliphatic carbocycles. The summed E-state index contributed by atoms with van der Waals surface area (Å²) in [4.78, 5) is 26.9. The van der Waals surface area contributed by atoms with Crippen LogP contribution in [0.2, 0.25) is 0 Å². The van der Waals surface area contributed by atoms with Crippen LogP contribution in [0, 0.1) is 0 Å². The second-order valence-corrected chi connectivity index (χ2v) is 6.93. The number of imidazole rings is 1. The van der Waals surface area contributed by atoms with E-state index in [2.05, 4.69) is 22.3 Å². The Morgan fingerprint density at radius 3 is 2.33 bits per heavy atom. The summed E-state index contributed by atoms with van der Waals surface area (Å²) < 4.78 is 3.28. The number of benzene rings is 2. The number of carbonyl (C=O) groups is 1. The number of amides is 1. The molecule has 2 aromatic carbocycles. The van der Waals surface area contributed by atoms with Gasteiger partial charge in [-0.25, -0.2) is 4.79 Å². The number of nitrogens with one attached hydrogen (secondary N) is 1. The summed E-state index contributed by atoms with van der Waals surface area (Å²) in [6.45, 7) is 0.893. The van der Waals surface area contributed by atoms with E-state index in [1.165, 1.54) is 0 Å². The minimum atomic E-state index is -0.0977. The van der Waals surface area contributed by atoms with Crippen LogP contribution in [-0.2, 0) is 18.4 Å². The molecule has 1 atom stereocenters. The molecule has 0 saturated heterocycles. The van der Waals surface area contributed by atoms with Gasteiger partial charge in [0.05, 0.1) is 17.1 Å². The molecular formula is C21H26N4O2. The molecule has 0 saturated carbocycles. The minimum absolute atomic E-state index is 0.0578. The first-order chi connectivity index (χ1) is 13.0. The maximum Gasteiger partial charge on any atom is 0.328 e. The maximum atomic E-state index is 12.4. The van der Waals surface area contributed by atoms with Crippen molar-refractivity contribution < 1.29 is 4.79 Å². The first-order valence-electron chi connectivity index (χ1n) is 9.11. The SMILES string of the molecule is CN(C)C(CNC(=O)CCn1c(=O)n(C)c2ccccc21)c1ccccc1. The van der Waals surface area contributed by atoms with E-state index in [1.54, 1.807) is 16.2 Å². The van der Waals surface area contributed by atoms with Gasteiger partial charge in [0.25, 0.3) is 0 Å². The fourth-order valence-electron chi connectivity index (χ4n) is 3.37. The molecule has 1 aromatic heterocycles. The number of nitrogens with zero attached hydrogens (tertiary/aromatic N) is 3. The second-order valence-electron chi connectivity index (χ2n) is 6.93. The molecule has 3 aromatic rings. The number of hydrogen-bond acceptors (Lipinski definition) is 3. The molecule has 1 amide bonds. The molecule has 0 fully saturated rings. The fraction of sp³-hybridized carbons (Fsp3) is 0.333. The molecule has 0 radical (unpaired) electrons. The van der Waals surface area contributed by atoms with Crippen LogP contribution < -0.4 is 11.0 Å². The van der Waals surface area contributed by atoms with Crippen LogP contribution in [0.1, 0.15) is 18.0 Å². The minimum Gasteiger partial charge on any atom is -0.354 e. The zero-order valence-electron chi connectivity index (χ0n) is 16.1. The predicted octanol–water partition coefficient (Wildman–Crippen LogP) is 2.15. The van der Waals surface area contributed by atoms with E-state index in [0.29, 0.717) is 13.1 Å². The number of fused-ring (bicyclic) bond motifs is 1. The van der Waals surface area contributed by atoms with Crippen molar-refractivity contribution in [1.29, 1.82) is 0 Å². The van der Waals surface area contributed by atoms with Crippen molar-refractivity contribution in [1.82, 2.24) is 19.4 Å².